The fourth-order valence-corrected chi connectivity index (χ4v) is 1.74. The van der Waals surface area contributed by atoms with E-state index in [1.54, 1.807) is 10.9 Å². The number of carbonyl (C=O) groups is 1. The van der Waals surface area contributed by atoms with Gasteiger partial charge < -0.3 is 11.1 Å². The molecule has 3 N–H and O–H groups in total. The number of benzene rings is 1. The largest absolute Gasteiger partial charge is 0.396 e. The molecule has 2 rings (SSSR count). The summed E-state index contributed by atoms with van der Waals surface area (Å²) in [6.07, 6.45) is 2.79. The van der Waals surface area contributed by atoms with E-state index in [0.717, 1.165) is 12.1 Å². The summed E-state index contributed by atoms with van der Waals surface area (Å²) in [5.41, 5.74) is 5.80. The molecule has 0 fully saturated rings. The van der Waals surface area contributed by atoms with Crippen molar-refractivity contribution >= 4 is 11.6 Å². The number of rotatable bonds is 5. The van der Waals surface area contributed by atoms with Gasteiger partial charge in [0.25, 0.3) is 0 Å². The van der Waals surface area contributed by atoms with Crippen molar-refractivity contribution < 1.29 is 13.6 Å². The van der Waals surface area contributed by atoms with Crippen molar-refractivity contribution in [3.05, 3.63) is 47.8 Å². The predicted molar refractivity (Wildman–Crippen MR) is 69.7 cm³/mol. The van der Waals surface area contributed by atoms with E-state index in [-0.39, 0.29) is 12.0 Å². The third kappa shape index (κ3) is 3.53. The van der Waals surface area contributed by atoms with E-state index in [1.165, 1.54) is 12.3 Å². The summed E-state index contributed by atoms with van der Waals surface area (Å²) in [5.74, 6) is -1.89. The highest BCUT2D eigenvalue weighted by atomic mass is 19.1. The molecule has 5 nitrogen and oxygen atoms in total. The second-order valence-electron chi connectivity index (χ2n) is 4.26. The highest BCUT2D eigenvalue weighted by molar-refractivity contribution is 5.78. The summed E-state index contributed by atoms with van der Waals surface area (Å²) in [6, 6.07) is 3.50. The van der Waals surface area contributed by atoms with E-state index in [4.69, 9.17) is 5.73 Å². The highest BCUT2D eigenvalue weighted by Crippen LogP contribution is 2.12. The Balaban J connectivity index is 1.84. The van der Waals surface area contributed by atoms with Crippen LogP contribution in [0.4, 0.5) is 14.5 Å². The van der Waals surface area contributed by atoms with Crippen molar-refractivity contribution in [2.24, 2.45) is 0 Å². The average molecular weight is 280 g/mol. The van der Waals surface area contributed by atoms with Crippen molar-refractivity contribution in [2.45, 2.75) is 13.0 Å². The first kappa shape index (κ1) is 14.0. The van der Waals surface area contributed by atoms with Gasteiger partial charge in [0, 0.05) is 18.3 Å². The number of nitrogens with one attached hydrogen (secondary N) is 1. The normalized spacial score (nSPS) is 10.5. The Morgan fingerprint density at radius 3 is 2.65 bits per heavy atom. The Morgan fingerprint density at radius 2 is 2.05 bits per heavy atom. The minimum absolute atomic E-state index is 0.228. The Hall–Kier alpha value is -2.44. The fraction of sp³-hybridized carbons (Fsp3) is 0.231. The first-order valence-electron chi connectivity index (χ1n) is 6.04. The van der Waals surface area contributed by atoms with Gasteiger partial charge in [-0.2, -0.15) is 5.10 Å². The molecule has 1 aromatic heterocycles. The zero-order valence-electron chi connectivity index (χ0n) is 10.6. The molecule has 0 saturated heterocycles. The maximum absolute atomic E-state index is 13.4. The molecular formula is C13H14F2N4O. The van der Waals surface area contributed by atoms with Crippen molar-refractivity contribution in [2.75, 3.05) is 12.3 Å². The Labute approximate surface area is 114 Å². The number of nitrogens with two attached hydrogens (primary N) is 1. The van der Waals surface area contributed by atoms with Crippen molar-refractivity contribution in [3.63, 3.8) is 0 Å². The van der Waals surface area contributed by atoms with Crippen molar-refractivity contribution in [3.8, 4) is 0 Å². The average Bonchev–Trinajstić information content (AvgIpc) is 2.80. The van der Waals surface area contributed by atoms with Gasteiger partial charge in [0.1, 0.15) is 11.6 Å². The van der Waals surface area contributed by atoms with Gasteiger partial charge in [0.05, 0.1) is 24.8 Å². The van der Waals surface area contributed by atoms with Crippen LogP contribution in [0.1, 0.15) is 5.56 Å². The molecule has 0 unspecified atom stereocenters. The lowest BCUT2D eigenvalue weighted by molar-refractivity contribution is -0.120. The number of hydrogen-bond acceptors (Lipinski definition) is 3. The summed E-state index contributed by atoms with van der Waals surface area (Å²) in [4.78, 5) is 11.6. The summed E-state index contributed by atoms with van der Waals surface area (Å²) >= 11 is 0. The number of carbonyl (C=O) groups excluding carboxylic acids is 1. The van der Waals surface area contributed by atoms with E-state index < -0.39 is 17.5 Å². The van der Waals surface area contributed by atoms with E-state index >= 15 is 0 Å². The minimum atomic E-state index is -0.722. The molecule has 0 atom stereocenters. The summed E-state index contributed by atoms with van der Waals surface area (Å²) in [5, 5.41) is 6.51. The van der Waals surface area contributed by atoms with Crippen LogP contribution >= 0.6 is 0 Å². The van der Waals surface area contributed by atoms with Gasteiger partial charge in [0.15, 0.2) is 0 Å². The Morgan fingerprint density at radius 1 is 1.35 bits per heavy atom. The van der Waals surface area contributed by atoms with Crippen molar-refractivity contribution in [1.29, 1.82) is 0 Å². The molecule has 0 aliphatic carbocycles. The third-order valence-corrected chi connectivity index (χ3v) is 2.72. The van der Waals surface area contributed by atoms with Crippen molar-refractivity contribution in [1.82, 2.24) is 15.1 Å². The molecular weight excluding hydrogens is 266 g/mol. The number of amides is 1. The lowest BCUT2D eigenvalue weighted by Gasteiger charge is -2.07. The van der Waals surface area contributed by atoms with Gasteiger partial charge in [-0.15, -0.1) is 0 Å². The highest BCUT2D eigenvalue weighted by Gasteiger charge is 2.12. The fourth-order valence-electron chi connectivity index (χ4n) is 1.74. The monoisotopic (exact) mass is 280 g/mol. The van der Waals surface area contributed by atoms with E-state index in [0.29, 0.717) is 18.8 Å². The van der Waals surface area contributed by atoms with Crippen LogP contribution in [0.15, 0.2) is 30.6 Å². The number of nitrogen functional groups attached to an aromatic ring is 1. The maximum atomic E-state index is 13.4. The van der Waals surface area contributed by atoms with Crippen LogP contribution in [-0.2, 0) is 17.8 Å². The van der Waals surface area contributed by atoms with Crippen LogP contribution in [-0.4, -0.2) is 22.2 Å². The Bertz CT molecular complexity index is 592. The lowest BCUT2D eigenvalue weighted by Crippen LogP contribution is -2.29. The number of aromatic nitrogens is 2. The molecule has 106 valence electrons. The molecule has 1 heterocycles. The number of halogens is 2. The van der Waals surface area contributed by atoms with Gasteiger partial charge in [0.2, 0.25) is 5.91 Å². The number of anilines is 1. The minimum Gasteiger partial charge on any atom is -0.396 e. The lowest BCUT2D eigenvalue weighted by atomic mass is 10.1. The molecule has 20 heavy (non-hydrogen) atoms. The summed E-state index contributed by atoms with van der Waals surface area (Å²) in [7, 11) is 0. The molecule has 7 heteroatoms. The second kappa shape index (κ2) is 6.14. The maximum Gasteiger partial charge on any atom is 0.224 e. The van der Waals surface area contributed by atoms with Crippen LogP contribution in [0.25, 0.3) is 0 Å². The third-order valence-electron chi connectivity index (χ3n) is 2.72. The zero-order chi connectivity index (χ0) is 14.5. The topological polar surface area (TPSA) is 72.9 Å². The van der Waals surface area contributed by atoms with Gasteiger partial charge in [-0.05, 0) is 12.1 Å². The SMILES string of the molecule is Nc1cnn(CCNC(=O)Cc2c(F)cccc2F)c1. The predicted octanol–water partition coefficient (Wildman–Crippen LogP) is 1.10. The molecule has 0 spiro atoms. The van der Waals surface area contributed by atoms with Crippen LogP contribution in [0.5, 0.6) is 0 Å². The summed E-state index contributed by atoms with van der Waals surface area (Å²) in [6.45, 7) is 0.735. The quantitative estimate of drug-likeness (QED) is 0.861. The molecule has 0 radical (unpaired) electrons. The molecule has 2 aromatic rings. The zero-order valence-corrected chi connectivity index (χ0v) is 10.6. The van der Waals surface area contributed by atoms with Gasteiger partial charge >= 0.3 is 0 Å². The molecule has 1 aromatic carbocycles. The Kier molecular flexibility index (Phi) is 4.29. The second-order valence-corrected chi connectivity index (χ2v) is 4.26. The smallest absolute Gasteiger partial charge is 0.224 e. The molecule has 0 aliphatic heterocycles. The van der Waals surface area contributed by atoms with Gasteiger partial charge in [-0.3, -0.25) is 9.48 Å². The van der Waals surface area contributed by atoms with Crippen LogP contribution in [0.3, 0.4) is 0 Å². The number of hydrogen-bond donors (Lipinski definition) is 2. The van der Waals surface area contributed by atoms with E-state index in [1.807, 2.05) is 0 Å². The van der Waals surface area contributed by atoms with Crippen LogP contribution in [0.2, 0.25) is 0 Å². The molecule has 0 bridgehead atoms. The van der Waals surface area contributed by atoms with Crippen LogP contribution < -0.4 is 11.1 Å². The summed E-state index contributed by atoms with van der Waals surface area (Å²) < 4.78 is 28.3. The van der Waals surface area contributed by atoms with Gasteiger partial charge in [-0.1, -0.05) is 6.07 Å². The molecule has 0 saturated carbocycles. The van der Waals surface area contributed by atoms with Gasteiger partial charge in [-0.25, -0.2) is 8.78 Å². The molecule has 0 aliphatic rings. The van der Waals surface area contributed by atoms with E-state index in [2.05, 4.69) is 10.4 Å². The first-order valence-corrected chi connectivity index (χ1v) is 6.04. The van der Waals surface area contributed by atoms with Crippen LogP contribution in [0, 0.1) is 11.6 Å². The standard InChI is InChI=1S/C13H14F2N4O/c14-11-2-1-3-12(15)10(11)6-13(20)17-4-5-19-8-9(16)7-18-19/h1-3,7-8H,4-6,16H2,(H,17,20). The van der Waals surface area contributed by atoms with E-state index in [9.17, 15) is 13.6 Å². The first-order chi connectivity index (χ1) is 9.56. The number of nitrogens with zero attached hydrogens (tertiary/aromatic N) is 2. The molecule has 1 amide bonds.